The van der Waals surface area contributed by atoms with E-state index >= 15 is 0 Å². The van der Waals surface area contributed by atoms with Crippen molar-refractivity contribution in [3.05, 3.63) is 34.0 Å². The molecule has 1 saturated heterocycles. The van der Waals surface area contributed by atoms with Crippen molar-refractivity contribution in [3.8, 4) is 0 Å². The maximum atomic E-state index is 6.04. The Morgan fingerprint density at radius 1 is 1.30 bits per heavy atom. The summed E-state index contributed by atoms with van der Waals surface area (Å²) >= 11 is 7.73. The third kappa shape index (κ3) is 3.30. The molecule has 0 aromatic carbocycles. The molecule has 0 atom stereocenters. The van der Waals surface area contributed by atoms with Crippen molar-refractivity contribution < 1.29 is 9.31 Å². The summed E-state index contributed by atoms with van der Waals surface area (Å²) in [5, 5.41) is 0. The van der Waals surface area contributed by atoms with Gasteiger partial charge in [0.1, 0.15) is 4.60 Å². The summed E-state index contributed by atoms with van der Waals surface area (Å²) in [5.74, 6) is 0.576. The van der Waals surface area contributed by atoms with E-state index in [2.05, 4.69) is 33.5 Å². The van der Waals surface area contributed by atoms with Crippen LogP contribution < -0.4 is 0 Å². The summed E-state index contributed by atoms with van der Waals surface area (Å²) < 4.78 is 12.9. The summed E-state index contributed by atoms with van der Waals surface area (Å²) in [6.45, 7) is 8.18. The van der Waals surface area contributed by atoms with Crippen molar-refractivity contribution in [2.24, 2.45) is 0 Å². The van der Waals surface area contributed by atoms with Crippen LogP contribution in [-0.4, -0.2) is 29.1 Å². The molecule has 1 fully saturated rings. The van der Waals surface area contributed by atoms with Crippen LogP contribution in [0.5, 0.6) is 0 Å². The van der Waals surface area contributed by atoms with Gasteiger partial charge in [0.2, 0.25) is 0 Å². The summed E-state index contributed by atoms with van der Waals surface area (Å²) in [5.41, 5.74) is 1.33. The Hall–Kier alpha value is -0.295. The second kappa shape index (κ2) is 5.83. The predicted molar refractivity (Wildman–Crippen MR) is 89.8 cm³/mol. The summed E-state index contributed by atoms with van der Waals surface area (Å²) in [6, 6.07) is 3.90. The molecule has 0 aliphatic carbocycles. The second-order valence-electron chi connectivity index (χ2n) is 5.88. The van der Waals surface area contributed by atoms with E-state index in [-0.39, 0.29) is 18.3 Å². The van der Waals surface area contributed by atoms with Crippen molar-refractivity contribution in [3.63, 3.8) is 0 Å². The number of thiol groups is 1. The molecule has 0 saturated carbocycles. The number of rotatable bonds is 3. The van der Waals surface area contributed by atoms with Crippen LogP contribution in [0, 0.1) is 0 Å². The molecule has 1 aliphatic heterocycles. The average molecular weight is 356 g/mol. The molecule has 6 heteroatoms. The monoisotopic (exact) mass is 355 g/mol. The van der Waals surface area contributed by atoms with Crippen LogP contribution in [0.2, 0.25) is 0 Å². The predicted octanol–water partition coefficient (Wildman–Crippen LogP) is 3.79. The first-order valence-corrected chi connectivity index (χ1v) is 7.96. The van der Waals surface area contributed by atoms with Gasteiger partial charge in [0.15, 0.2) is 0 Å². The van der Waals surface area contributed by atoms with Crippen LogP contribution in [0.3, 0.4) is 0 Å². The molecule has 0 unspecified atom stereocenters. The second-order valence-corrected chi connectivity index (χ2v) is 7.01. The molecule has 1 aromatic rings. The van der Waals surface area contributed by atoms with Crippen LogP contribution in [0.25, 0.3) is 6.08 Å². The topological polar surface area (TPSA) is 31.4 Å². The highest BCUT2D eigenvalue weighted by Gasteiger charge is 2.52. The number of hydrogen-bond acceptors (Lipinski definition) is 4. The third-order valence-corrected chi connectivity index (χ3v) is 4.68. The lowest BCUT2D eigenvalue weighted by molar-refractivity contribution is 0.00578. The maximum Gasteiger partial charge on any atom is 0.491 e. The quantitative estimate of drug-likeness (QED) is 0.508. The number of nitrogens with zero attached hydrogens (tertiary/aromatic N) is 1. The fourth-order valence-electron chi connectivity index (χ4n) is 1.87. The van der Waals surface area contributed by atoms with E-state index in [1.54, 1.807) is 6.20 Å². The molecule has 20 heavy (non-hydrogen) atoms. The Kier molecular flexibility index (Phi) is 4.69. The minimum atomic E-state index is -0.360. The average Bonchev–Trinajstić information content (AvgIpc) is 2.57. The Labute approximate surface area is 134 Å². The Morgan fingerprint density at radius 3 is 2.35 bits per heavy atom. The lowest BCUT2D eigenvalue weighted by Gasteiger charge is -2.32. The molecule has 0 N–H and O–H groups in total. The highest BCUT2D eigenvalue weighted by atomic mass is 79.9. The van der Waals surface area contributed by atoms with Gasteiger partial charge >= 0.3 is 7.12 Å². The third-order valence-electron chi connectivity index (χ3n) is 3.84. The van der Waals surface area contributed by atoms with Gasteiger partial charge in [-0.1, -0.05) is 12.1 Å². The van der Waals surface area contributed by atoms with Crippen LogP contribution in [-0.2, 0) is 9.31 Å². The van der Waals surface area contributed by atoms with E-state index in [0.29, 0.717) is 5.75 Å². The lowest BCUT2D eigenvalue weighted by atomic mass is 9.78. The maximum absolute atomic E-state index is 6.04. The minimum Gasteiger partial charge on any atom is -0.400 e. The van der Waals surface area contributed by atoms with E-state index in [0.717, 1.165) is 15.6 Å². The fraction of sp³-hybridized carbons (Fsp3) is 0.500. The smallest absolute Gasteiger partial charge is 0.400 e. The zero-order valence-electron chi connectivity index (χ0n) is 12.2. The molecule has 108 valence electrons. The normalized spacial score (nSPS) is 21.3. The van der Waals surface area contributed by atoms with Crippen LogP contribution in [0.15, 0.2) is 28.4 Å². The van der Waals surface area contributed by atoms with Crippen molar-refractivity contribution >= 4 is 41.8 Å². The van der Waals surface area contributed by atoms with Gasteiger partial charge in [-0.3, -0.25) is 0 Å². The molecule has 2 heterocycles. The molecular weight excluding hydrogens is 337 g/mol. The molecule has 2 rings (SSSR count). The van der Waals surface area contributed by atoms with Crippen molar-refractivity contribution in [2.75, 3.05) is 5.75 Å². The van der Waals surface area contributed by atoms with E-state index in [1.807, 2.05) is 45.9 Å². The SMILES string of the molecule is CC1(C)OB(C(=Cc2ccc(Br)nc2)CS)OC1(C)C. The zero-order valence-corrected chi connectivity index (χ0v) is 14.7. The molecular formula is C14H19BBrNO2S. The van der Waals surface area contributed by atoms with Crippen LogP contribution >= 0.6 is 28.6 Å². The van der Waals surface area contributed by atoms with Crippen molar-refractivity contribution in [2.45, 2.75) is 38.9 Å². The first-order valence-electron chi connectivity index (χ1n) is 6.54. The molecule has 0 bridgehead atoms. The van der Waals surface area contributed by atoms with Gasteiger partial charge < -0.3 is 9.31 Å². The number of hydrogen-bond donors (Lipinski definition) is 1. The number of pyridine rings is 1. The minimum absolute atomic E-state index is 0.336. The van der Waals surface area contributed by atoms with Gasteiger partial charge in [-0.05, 0) is 60.7 Å². The van der Waals surface area contributed by atoms with E-state index in [1.165, 1.54) is 0 Å². The lowest BCUT2D eigenvalue weighted by Crippen LogP contribution is -2.41. The fourth-order valence-corrected chi connectivity index (χ4v) is 2.34. The van der Waals surface area contributed by atoms with Crippen LogP contribution in [0.4, 0.5) is 0 Å². The van der Waals surface area contributed by atoms with Crippen LogP contribution in [0.1, 0.15) is 33.3 Å². The number of halogens is 1. The van der Waals surface area contributed by atoms with Crippen molar-refractivity contribution in [1.29, 1.82) is 0 Å². The molecule has 0 radical (unpaired) electrons. The van der Waals surface area contributed by atoms with Crippen molar-refractivity contribution in [1.82, 2.24) is 4.98 Å². The standard InChI is InChI=1S/C14H19BBrNO2S/c1-13(2)14(3,4)19-15(18-13)11(9-20)7-10-5-6-12(16)17-8-10/h5-8,20H,9H2,1-4H3. The largest absolute Gasteiger partial charge is 0.491 e. The molecule has 0 spiro atoms. The van der Waals surface area contributed by atoms with Gasteiger partial charge in [0.25, 0.3) is 0 Å². The highest BCUT2D eigenvalue weighted by Crippen LogP contribution is 2.38. The Bertz CT molecular complexity index is 500. The molecule has 1 aliphatic rings. The first kappa shape index (κ1) is 16.1. The number of aromatic nitrogens is 1. The Morgan fingerprint density at radius 2 is 1.90 bits per heavy atom. The van der Waals surface area contributed by atoms with Gasteiger partial charge in [-0.2, -0.15) is 12.6 Å². The summed E-state index contributed by atoms with van der Waals surface area (Å²) in [7, 11) is -0.360. The van der Waals surface area contributed by atoms with Gasteiger partial charge in [0.05, 0.1) is 11.2 Å². The molecule has 0 amide bonds. The highest BCUT2D eigenvalue weighted by molar-refractivity contribution is 9.10. The zero-order chi connectivity index (χ0) is 15.0. The first-order chi connectivity index (χ1) is 9.25. The van der Waals surface area contributed by atoms with Gasteiger partial charge in [-0.25, -0.2) is 4.98 Å². The Balaban J connectivity index is 2.24. The van der Waals surface area contributed by atoms with E-state index < -0.39 is 0 Å². The molecule has 1 aromatic heterocycles. The van der Waals surface area contributed by atoms with E-state index in [4.69, 9.17) is 9.31 Å². The molecule has 3 nitrogen and oxygen atoms in total. The van der Waals surface area contributed by atoms with Gasteiger partial charge in [-0.15, -0.1) is 0 Å². The summed E-state index contributed by atoms with van der Waals surface area (Å²) in [4.78, 5) is 4.22. The van der Waals surface area contributed by atoms with Gasteiger partial charge in [0, 0.05) is 11.9 Å². The van der Waals surface area contributed by atoms with E-state index in [9.17, 15) is 0 Å². The summed E-state index contributed by atoms with van der Waals surface area (Å²) in [6.07, 6.45) is 3.83.